The van der Waals surface area contributed by atoms with Gasteiger partial charge in [-0.2, -0.15) is 0 Å². The lowest BCUT2D eigenvalue weighted by Crippen LogP contribution is -2.49. The fraction of sp³-hybridized carbons (Fsp3) is 0.571. The van der Waals surface area contributed by atoms with Crippen LogP contribution in [-0.4, -0.2) is 36.7 Å². The molecule has 1 aromatic heterocycles. The minimum absolute atomic E-state index is 0.0788. The zero-order valence-electron chi connectivity index (χ0n) is 11.5. The third kappa shape index (κ3) is 3.23. The van der Waals surface area contributed by atoms with Crippen LogP contribution in [0, 0.1) is 0 Å². The topological polar surface area (TPSA) is 63.2 Å². The van der Waals surface area contributed by atoms with Crippen molar-refractivity contribution in [3.05, 3.63) is 23.9 Å². The van der Waals surface area contributed by atoms with Crippen LogP contribution in [-0.2, 0) is 4.74 Å². The third-order valence-electron chi connectivity index (χ3n) is 3.65. The van der Waals surface area contributed by atoms with Crippen molar-refractivity contribution in [2.75, 3.05) is 25.5 Å². The number of pyridine rings is 1. The molecular weight excluding hydrogens is 242 g/mol. The van der Waals surface area contributed by atoms with Crippen LogP contribution in [0.3, 0.4) is 0 Å². The van der Waals surface area contributed by atoms with E-state index in [0.717, 1.165) is 25.2 Å². The van der Waals surface area contributed by atoms with Gasteiger partial charge in [-0.1, -0.05) is 0 Å². The number of aromatic nitrogens is 1. The fourth-order valence-corrected chi connectivity index (χ4v) is 2.22. The Morgan fingerprint density at radius 2 is 2.32 bits per heavy atom. The largest absolute Gasteiger partial charge is 0.376 e. The number of methoxy groups -OCH3 is 1. The molecule has 0 aromatic carbocycles. The molecule has 0 radical (unpaired) electrons. The second kappa shape index (κ2) is 6.02. The number of hydrogen-bond acceptors (Lipinski definition) is 4. The molecule has 1 heterocycles. The molecule has 5 nitrogen and oxygen atoms in total. The summed E-state index contributed by atoms with van der Waals surface area (Å²) >= 11 is 0. The summed E-state index contributed by atoms with van der Waals surface area (Å²) in [6.07, 6.45) is 4.84. The molecule has 104 valence electrons. The molecule has 0 unspecified atom stereocenters. The average Bonchev–Trinajstić information content (AvgIpc) is 2.38. The number of nitrogens with zero attached hydrogens (tertiary/aromatic N) is 1. The second-order valence-electron chi connectivity index (χ2n) is 4.88. The third-order valence-corrected chi connectivity index (χ3v) is 3.65. The fourth-order valence-electron chi connectivity index (χ4n) is 2.22. The molecule has 0 atom stereocenters. The van der Waals surface area contributed by atoms with Crippen molar-refractivity contribution in [2.45, 2.75) is 31.8 Å². The second-order valence-corrected chi connectivity index (χ2v) is 4.88. The Bertz CT molecular complexity index is 439. The quantitative estimate of drug-likeness (QED) is 0.821. The molecule has 19 heavy (non-hydrogen) atoms. The van der Waals surface area contributed by atoms with Gasteiger partial charge in [-0.15, -0.1) is 0 Å². The van der Waals surface area contributed by atoms with Crippen LogP contribution >= 0.6 is 0 Å². The van der Waals surface area contributed by atoms with Gasteiger partial charge in [0.15, 0.2) is 0 Å². The highest BCUT2D eigenvalue weighted by atomic mass is 16.5. The molecule has 5 heteroatoms. The maximum Gasteiger partial charge on any atom is 0.251 e. The van der Waals surface area contributed by atoms with Gasteiger partial charge in [0.05, 0.1) is 5.60 Å². The summed E-state index contributed by atoms with van der Waals surface area (Å²) in [5.41, 5.74) is 0.476. The van der Waals surface area contributed by atoms with Gasteiger partial charge in [0.25, 0.3) is 5.91 Å². The van der Waals surface area contributed by atoms with E-state index in [-0.39, 0.29) is 11.5 Å². The van der Waals surface area contributed by atoms with E-state index in [1.165, 1.54) is 6.42 Å². The van der Waals surface area contributed by atoms with Crippen LogP contribution in [0.5, 0.6) is 0 Å². The smallest absolute Gasteiger partial charge is 0.251 e. The van der Waals surface area contributed by atoms with Gasteiger partial charge in [0, 0.05) is 32.0 Å². The first kappa shape index (κ1) is 13.8. The SMILES string of the molecule is CCNc1cc(C(=O)NCC2(OC)CCC2)ccn1. The van der Waals surface area contributed by atoms with Crippen molar-refractivity contribution < 1.29 is 9.53 Å². The van der Waals surface area contributed by atoms with Crippen molar-refractivity contribution in [3.8, 4) is 0 Å². The van der Waals surface area contributed by atoms with Crippen LogP contribution in [0.4, 0.5) is 5.82 Å². The highest BCUT2D eigenvalue weighted by Crippen LogP contribution is 2.34. The number of carbonyl (C=O) groups excluding carboxylic acids is 1. The van der Waals surface area contributed by atoms with Crippen LogP contribution in [0.1, 0.15) is 36.5 Å². The van der Waals surface area contributed by atoms with E-state index in [4.69, 9.17) is 4.74 Å². The number of nitrogens with one attached hydrogen (secondary N) is 2. The van der Waals surface area contributed by atoms with E-state index in [2.05, 4.69) is 15.6 Å². The van der Waals surface area contributed by atoms with E-state index in [1.54, 1.807) is 25.4 Å². The lowest BCUT2D eigenvalue weighted by molar-refractivity contribution is -0.0679. The van der Waals surface area contributed by atoms with Gasteiger partial charge < -0.3 is 15.4 Å². The minimum atomic E-state index is -0.146. The first-order valence-electron chi connectivity index (χ1n) is 6.72. The zero-order valence-corrected chi connectivity index (χ0v) is 11.5. The monoisotopic (exact) mass is 263 g/mol. The molecule has 1 saturated carbocycles. The molecule has 2 rings (SSSR count). The van der Waals surface area contributed by atoms with E-state index in [1.807, 2.05) is 6.92 Å². The maximum absolute atomic E-state index is 12.1. The highest BCUT2D eigenvalue weighted by Gasteiger charge is 2.37. The van der Waals surface area contributed by atoms with E-state index < -0.39 is 0 Å². The van der Waals surface area contributed by atoms with Gasteiger partial charge >= 0.3 is 0 Å². The molecule has 1 aliphatic carbocycles. The molecule has 0 saturated heterocycles. The van der Waals surface area contributed by atoms with Crippen molar-refractivity contribution >= 4 is 11.7 Å². The molecule has 1 amide bonds. The summed E-state index contributed by atoms with van der Waals surface area (Å²) in [7, 11) is 1.71. The summed E-state index contributed by atoms with van der Waals surface area (Å²) in [6, 6.07) is 3.48. The Hall–Kier alpha value is -1.62. The molecular formula is C14H21N3O2. The minimum Gasteiger partial charge on any atom is -0.376 e. The van der Waals surface area contributed by atoms with E-state index in [0.29, 0.717) is 12.1 Å². The maximum atomic E-state index is 12.1. The van der Waals surface area contributed by atoms with Gasteiger partial charge in [-0.3, -0.25) is 4.79 Å². The summed E-state index contributed by atoms with van der Waals surface area (Å²) in [4.78, 5) is 16.2. The summed E-state index contributed by atoms with van der Waals surface area (Å²) in [6.45, 7) is 3.35. The number of carbonyl (C=O) groups is 1. The number of hydrogen-bond donors (Lipinski definition) is 2. The van der Waals surface area contributed by atoms with Crippen molar-refractivity contribution in [3.63, 3.8) is 0 Å². The average molecular weight is 263 g/mol. The standard InChI is InChI=1S/C14H21N3O2/c1-3-15-12-9-11(5-8-16-12)13(18)17-10-14(19-2)6-4-7-14/h5,8-9H,3-4,6-7,10H2,1-2H3,(H,15,16)(H,17,18). The predicted molar refractivity (Wildman–Crippen MR) is 74.3 cm³/mol. The van der Waals surface area contributed by atoms with Crippen LogP contribution < -0.4 is 10.6 Å². The molecule has 1 fully saturated rings. The van der Waals surface area contributed by atoms with Gasteiger partial charge in [0.2, 0.25) is 0 Å². The summed E-state index contributed by atoms with van der Waals surface area (Å²) in [5.74, 6) is 0.644. The Kier molecular flexibility index (Phi) is 4.37. The molecule has 0 aliphatic heterocycles. The first-order valence-corrected chi connectivity index (χ1v) is 6.72. The molecule has 0 spiro atoms. The predicted octanol–water partition coefficient (Wildman–Crippen LogP) is 1.81. The Morgan fingerprint density at radius 1 is 1.53 bits per heavy atom. The lowest BCUT2D eigenvalue weighted by atomic mass is 9.80. The van der Waals surface area contributed by atoms with Gasteiger partial charge in [0.1, 0.15) is 5.82 Å². The van der Waals surface area contributed by atoms with Crippen molar-refractivity contribution in [2.24, 2.45) is 0 Å². The first-order chi connectivity index (χ1) is 9.19. The van der Waals surface area contributed by atoms with Crippen LogP contribution in [0.15, 0.2) is 18.3 Å². The van der Waals surface area contributed by atoms with E-state index >= 15 is 0 Å². The molecule has 0 bridgehead atoms. The molecule has 1 aliphatic rings. The zero-order chi connectivity index (χ0) is 13.7. The number of rotatable bonds is 6. The Morgan fingerprint density at radius 3 is 2.89 bits per heavy atom. The van der Waals surface area contributed by atoms with Gasteiger partial charge in [-0.05, 0) is 38.3 Å². The molecule has 1 aromatic rings. The van der Waals surface area contributed by atoms with Crippen molar-refractivity contribution in [1.29, 1.82) is 0 Å². The Labute approximate surface area is 113 Å². The number of ether oxygens (including phenoxy) is 1. The summed E-state index contributed by atoms with van der Waals surface area (Å²) in [5, 5.41) is 6.04. The normalized spacial score (nSPS) is 16.5. The number of amides is 1. The van der Waals surface area contributed by atoms with E-state index in [9.17, 15) is 4.79 Å². The van der Waals surface area contributed by atoms with Crippen LogP contribution in [0.2, 0.25) is 0 Å². The lowest BCUT2D eigenvalue weighted by Gasteiger charge is -2.40. The van der Waals surface area contributed by atoms with Gasteiger partial charge in [-0.25, -0.2) is 4.98 Å². The summed E-state index contributed by atoms with van der Waals surface area (Å²) < 4.78 is 5.48. The molecule has 2 N–H and O–H groups in total. The van der Waals surface area contributed by atoms with Crippen LogP contribution in [0.25, 0.3) is 0 Å². The highest BCUT2D eigenvalue weighted by molar-refractivity contribution is 5.94. The number of anilines is 1. The Balaban J connectivity index is 1.94. The van der Waals surface area contributed by atoms with Crippen molar-refractivity contribution in [1.82, 2.24) is 10.3 Å².